The van der Waals surface area contributed by atoms with Gasteiger partial charge in [-0.2, -0.15) is 0 Å². The summed E-state index contributed by atoms with van der Waals surface area (Å²) in [6.45, 7) is 5.25. The van der Waals surface area contributed by atoms with Crippen LogP contribution >= 0.6 is 0 Å². The zero-order chi connectivity index (χ0) is 19.5. The van der Waals surface area contributed by atoms with Gasteiger partial charge in [0, 0.05) is 39.6 Å². The Morgan fingerprint density at radius 3 is 2.61 bits per heavy atom. The normalized spacial score (nSPS) is 17.4. The molecule has 6 nitrogen and oxygen atoms in total. The molecule has 7 heteroatoms. The average molecular weight is 385 g/mol. The predicted molar refractivity (Wildman–Crippen MR) is 104 cm³/mol. The number of carbonyl (C=O) groups is 1. The third-order valence-electron chi connectivity index (χ3n) is 5.27. The van der Waals surface area contributed by atoms with Crippen LogP contribution in [-0.2, 0) is 4.79 Å². The molecule has 0 bridgehead atoms. The number of ether oxygens (including phenoxy) is 2. The molecule has 4 rings (SSSR count). The van der Waals surface area contributed by atoms with Crippen LogP contribution in [0.1, 0.15) is 18.5 Å². The summed E-state index contributed by atoms with van der Waals surface area (Å²) < 4.78 is 25.0. The summed E-state index contributed by atoms with van der Waals surface area (Å²) in [6, 6.07) is 12.8. The first kappa shape index (κ1) is 18.6. The number of nitrogens with zero attached hydrogens (tertiary/aromatic N) is 2. The van der Waals surface area contributed by atoms with Crippen LogP contribution < -0.4 is 19.7 Å². The minimum Gasteiger partial charge on any atom is -0.454 e. The molecule has 2 aliphatic heterocycles. The van der Waals surface area contributed by atoms with Crippen molar-refractivity contribution in [2.45, 2.75) is 13.0 Å². The molecule has 1 N–H and O–H groups in total. The van der Waals surface area contributed by atoms with Crippen molar-refractivity contribution in [2.75, 3.05) is 44.4 Å². The van der Waals surface area contributed by atoms with Crippen LogP contribution in [-0.4, -0.2) is 50.3 Å². The number of anilines is 1. The standard InChI is InChI=1S/C21H24FN3O3/c1-15(26)23-13-19(16-6-7-20-21(12-16)28-14-27-20)25-10-8-24(9-11-25)18-5-3-2-4-17(18)22/h2-7,12,19H,8-11,13-14H2,1H3,(H,23,26)/t19-/m0/s1. The van der Waals surface area contributed by atoms with Crippen LogP contribution in [0.2, 0.25) is 0 Å². The Hall–Kier alpha value is -2.80. The summed E-state index contributed by atoms with van der Waals surface area (Å²) in [5.41, 5.74) is 1.71. The van der Waals surface area contributed by atoms with E-state index in [0.29, 0.717) is 12.2 Å². The van der Waals surface area contributed by atoms with E-state index in [4.69, 9.17) is 9.47 Å². The molecule has 28 heavy (non-hydrogen) atoms. The summed E-state index contributed by atoms with van der Waals surface area (Å²) in [4.78, 5) is 15.9. The first-order valence-corrected chi connectivity index (χ1v) is 9.49. The summed E-state index contributed by atoms with van der Waals surface area (Å²) in [5, 5.41) is 2.93. The first-order valence-electron chi connectivity index (χ1n) is 9.49. The molecule has 0 saturated carbocycles. The third-order valence-corrected chi connectivity index (χ3v) is 5.27. The molecule has 1 atom stereocenters. The highest BCUT2D eigenvalue weighted by molar-refractivity contribution is 5.72. The number of rotatable bonds is 5. The number of para-hydroxylation sites is 1. The zero-order valence-corrected chi connectivity index (χ0v) is 15.9. The largest absolute Gasteiger partial charge is 0.454 e. The number of halogens is 1. The van der Waals surface area contributed by atoms with Gasteiger partial charge in [-0.1, -0.05) is 18.2 Å². The summed E-state index contributed by atoms with van der Waals surface area (Å²) >= 11 is 0. The van der Waals surface area contributed by atoms with Crippen molar-refractivity contribution < 1.29 is 18.7 Å². The van der Waals surface area contributed by atoms with Crippen molar-refractivity contribution >= 4 is 11.6 Å². The van der Waals surface area contributed by atoms with Gasteiger partial charge < -0.3 is 19.7 Å². The maximum absolute atomic E-state index is 14.1. The third kappa shape index (κ3) is 3.89. The lowest BCUT2D eigenvalue weighted by Gasteiger charge is -2.40. The number of carbonyl (C=O) groups excluding carboxylic acids is 1. The molecule has 0 aromatic heterocycles. The zero-order valence-electron chi connectivity index (χ0n) is 15.9. The molecule has 2 aromatic rings. The minimum atomic E-state index is -0.193. The Labute approximate surface area is 163 Å². The van der Waals surface area contributed by atoms with Crippen LogP contribution in [0.5, 0.6) is 11.5 Å². The van der Waals surface area contributed by atoms with Gasteiger partial charge in [-0.3, -0.25) is 9.69 Å². The van der Waals surface area contributed by atoms with Crippen LogP contribution in [0.15, 0.2) is 42.5 Å². The Bertz CT molecular complexity index is 853. The van der Waals surface area contributed by atoms with Crippen LogP contribution in [0.25, 0.3) is 0 Å². The molecule has 1 saturated heterocycles. The molecule has 148 valence electrons. The van der Waals surface area contributed by atoms with Crippen LogP contribution in [0.4, 0.5) is 10.1 Å². The summed E-state index contributed by atoms with van der Waals surface area (Å²) in [5.74, 6) is 1.22. The van der Waals surface area contributed by atoms with E-state index in [0.717, 1.165) is 43.2 Å². The summed E-state index contributed by atoms with van der Waals surface area (Å²) in [7, 11) is 0. The number of hydrogen-bond acceptors (Lipinski definition) is 5. The number of benzene rings is 2. The Morgan fingerprint density at radius 1 is 1.11 bits per heavy atom. The minimum absolute atomic E-state index is 0.0150. The lowest BCUT2D eigenvalue weighted by atomic mass is 10.0. The molecule has 1 amide bonds. The van der Waals surface area contributed by atoms with Crippen molar-refractivity contribution in [3.05, 3.63) is 53.8 Å². The first-order chi connectivity index (χ1) is 13.6. The highest BCUT2D eigenvalue weighted by Gasteiger charge is 2.27. The molecule has 0 radical (unpaired) electrons. The second kappa shape index (κ2) is 8.06. The van der Waals surface area contributed by atoms with Crippen molar-refractivity contribution in [3.8, 4) is 11.5 Å². The molecule has 2 aromatic carbocycles. The highest BCUT2D eigenvalue weighted by Crippen LogP contribution is 2.35. The van der Waals surface area contributed by atoms with Gasteiger partial charge >= 0.3 is 0 Å². The Morgan fingerprint density at radius 2 is 1.86 bits per heavy atom. The van der Waals surface area contributed by atoms with Gasteiger partial charge in [0.15, 0.2) is 11.5 Å². The van der Waals surface area contributed by atoms with E-state index in [1.54, 1.807) is 6.07 Å². The number of fused-ring (bicyclic) bond motifs is 1. The van der Waals surface area contributed by atoms with Gasteiger partial charge in [0.25, 0.3) is 0 Å². The second-order valence-corrected chi connectivity index (χ2v) is 7.04. The van der Waals surface area contributed by atoms with Gasteiger partial charge in [0.05, 0.1) is 11.7 Å². The van der Waals surface area contributed by atoms with Gasteiger partial charge in [-0.15, -0.1) is 0 Å². The summed E-state index contributed by atoms with van der Waals surface area (Å²) in [6.07, 6.45) is 0. The van der Waals surface area contributed by atoms with Crippen LogP contribution in [0.3, 0.4) is 0 Å². The maximum Gasteiger partial charge on any atom is 0.231 e. The molecular weight excluding hydrogens is 361 g/mol. The molecule has 0 spiro atoms. The molecular formula is C21H24FN3O3. The number of hydrogen-bond donors (Lipinski definition) is 1. The van der Waals surface area contributed by atoms with Crippen LogP contribution in [0, 0.1) is 5.82 Å². The Kier molecular flexibility index (Phi) is 5.34. The fourth-order valence-corrected chi connectivity index (χ4v) is 3.80. The van der Waals surface area contributed by atoms with Crippen molar-refractivity contribution in [3.63, 3.8) is 0 Å². The number of piperazine rings is 1. The van der Waals surface area contributed by atoms with Crippen molar-refractivity contribution in [1.29, 1.82) is 0 Å². The average Bonchev–Trinajstić information content (AvgIpc) is 3.17. The lowest BCUT2D eigenvalue weighted by Crippen LogP contribution is -2.50. The van der Waals surface area contributed by atoms with Gasteiger partial charge in [-0.25, -0.2) is 4.39 Å². The fraction of sp³-hybridized carbons (Fsp3) is 0.381. The van der Waals surface area contributed by atoms with E-state index in [2.05, 4.69) is 15.1 Å². The number of amides is 1. The van der Waals surface area contributed by atoms with Crippen molar-refractivity contribution in [1.82, 2.24) is 10.2 Å². The topological polar surface area (TPSA) is 54.0 Å². The van der Waals surface area contributed by atoms with E-state index in [9.17, 15) is 9.18 Å². The molecule has 1 fully saturated rings. The van der Waals surface area contributed by atoms with E-state index >= 15 is 0 Å². The molecule has 0 aliphatic carbocycles. The maximum atomic E-state index is 14.1. The van der Waals surface area contributed by atoms with Gasteiger partial charge in [0.2, 0.25) is 12.7 Å². The van der Waals surface area contributed by atoms with Gasteiger partial charge in [0.1, 0.15) is 5.82 Å². The predicted octanol–water partition coefficient (Wildman–Crippen LogP) is 2.55. The molecule has 0 unspecified atom stereocenters. The molecule has 2 heterocycles. The second-order valence-electron chi connectivity index (χ2n) is 7.04. The van der Waals surface area contributed by atoms with Crippen molar-refractivity contribution in [2.24, 2.45) is 0 Å². The molecule has 2 aliphatic rings. The smallest absolute Gasteiger partial charge is 0.231 e. The van der Waals surface area contributed by atoms with E-state index in [1.165, 1.54) is 13.0 Å². The monoisotopic (exact) mass is 385 g/mol. The quantitative estimate of drug-likeness (QED) is 0.857. The lowest BCUT2D eigenvalue weighted by molar-refractivity contribution is -0.119. The van der Waals surface area contributed by atoms with E-state index in [1.807, 2.05) is 30.3 Å². The van der Waals surface area contributed by atoms with E-state index < -0.39 is 0 Å². The Balaban J connectivity index is 1.50. The highest BCUT2D eigenvalue weighted by atomic mass is 19.1. The van der Waals surface area contributed by atoms with Gasteiger partial charge in [-0.05, 0) is 29.8 Å². The fourth-order valence-electron chi connectivity index (χ4n) is 3.80. The SMILES string of the molecule is CC(=O)NC[C@@H](c1ccc2c(c1)OCO2)N1CCN(c2ccccc2F)CC1. The van der Waals surface area contributed by atoms with E-state index in [-0.39, 0.29) is 24.6 Å². The number of nitrogens with one attached hydrogen (secondary N) is 1.